The number of nitrogens with zero attached hydrogens (tertiary/aromatic N) is 1. The van der Waals surface area contributed by atoms with Gasteiger partial charge in [-0.25, -0.2) is 9.59 Å². The average molecular weight is 287 g/mol. The van der Waals surface area contributed by atoms with E-state index in [0.717, 1.165) is 6.08 Å². The van der Waals surface area contributed by atoms with E-state index in [-0.39, 0.29) is 5.06 Å². The topological polar surface area (TPSA) is 82.1 Å². The monoisotopic (exact) mass is 287 g/mol. The van der Waals surface area contributed by atoms with Gasteiger partial charge in [-0.1, -0.05) is 11.6 Å². The van der Waals surface area contributed by atoms with Gasteiger partial charge < -0.3 is 9.47 Å². The number of carbonyl (C=O) groups excluding carboxylic acids is 3. The Morgan fingerprint density at radius 3 is 1.75 bits per heavy atom. The molecule has 0 atom stereocenters. The third-order valence-corrected chi connectivity index (χ3v) is 1.49. The molecule has 0 aromatic heterocycles. The molecule has 0 aliphatic rings. The first kappa shape index (κ1) is 17.9. The molecule has 2 amide bonds. The molecule has 0 aromatic carbocycles. The summed E-state index contributed by atoms with van der Waals surface area (Å²) in [6.07, 6.45) is -1.51. The van der Waals surface area contributed by atoms with Crippen molar-refractivity contribution in [2.24, 2.45) is 0 Å². The van der Waals surface area contributed by atoms with Gasteiger partial charge in [-0.15, -0.1) is 0 Å². The Kier molecular flexibility index (Phi) is 5.75. The molecule has 7 heteroatoms. The van der Waals surface area contributed by atoms with Gasteiger partial charge in [0.05, 0.1) is 0 Å². The summed E-state index contributed by atoms with van der Waals surface area (Å²) in [5.74, 6) is -0.940. The van der Waals surface area contributed by atoms with Crippen molar-refractivity contribution in [3.63, 3.8) is 0 Å². The van der Waals surface area contributed by atoms with Crippen LogP contribution in [0.3, 0.4) is 0 Å². The lowest BCUT2D eigenvalue weighted by Gasteiger charge is -2.25. The van der Waals surface area contributed by atoms with Crippen LogP contribution in [0.25, 0.3) is 0 Å². The molecule has 0 saturated heterocycles. The summed E-state index contributed by atoms with van der Waals surface area (Å²) in [6, 6.07) is 0. The first-order chi connectivity index (χ1) is 8.85. The van der Waals surface area contributed by atoms with Crippen LogP contribution < -0.4 is 0 Å². The number of carbonyl (C=O) groups is 3. The van der Waals surface area contributed by atoms with Crippen LogP contribution in [-0.4, -0.2) is 34.4 Å². The SMILES string of the molecule is C=CC(=O)N(OC(=O)OC(C)(C)C)C(=O)OC(C)(C)C. The molecular weight excluding hydrogens is 266 g/mol. The Balaban J connectivity index is 4.92. The predicted molar refractivity (Wildman–Crippen MR) is 70.6 cm³/mol. The second-order valence-corrected chi connectivity index (χ2v) is 5.87. The molecule has 0 unspecified atom stereocenters. The predicted octanol–water partition coefficient (Wildman–Crippen LogP) is 2.80. The van der Waals surface area contributed by atoms with E-state index < -0.39 is 29.4 Å². The molecule has 0 heterocycles. The molecule has 0 N–H and O–H groups in total. The molecule has 7 nitrogen and oxygen atoms in total. The normalized spacial score (nSPS) is 11.3. The van der Waals surface area contributed by atoms with E-state index in [1.165, 1.54) is 0 Å². The van der Waals surface area contributed by atoms with E-state index in [9.17, 15) is 14.4 Å². The van der Waals surface area contributed by atoms with Gasteiger partial charge in [0.15, 0.2) is 0 Å². The lowest BCUT2D eigenvalue weighted by Crippen LogP contribution is -2.42. The fourth-order valence-corrected chi connectivity index (χ4v) is 0.902. The van der Waals surface area contributed by atoms with Gasteiger partial charge in [-0.05, 0) is 47.6 Å². The molecule has 0 aromatic rings. The highest BCUT2D eigenvalue weighted by Gasteiger charge is 2.31. The maximum atomic E-state index is 11.8. The third-order valence-electron chi connectivity index (χ3n) is 1.49. The second kappa shape index (κ2) is 6.40. The maximum Gasteiger partial charge on any atom is 0.534 e. The van der Waals surface area contributed by atoms with E-state index in [0.29, 0.717) is 0 Å². The lowest BCUT2D eigenvalue weighted by molar-refractivity contribution is -0.165. The molecule has 114 valence electrons. The summed E-state index contributed by atoms with van der Waals surface area (Å²) < 4.78 is 9.79. The van der Waals surface area contributed by atoms with Crippen LogP contribution in [0.1, 0.15) is 41.5 Å². The van der Waals surface area contributed by atoms with E-state index in [1.807, 2.05) is 0 Å². The van der Waals surface area contributed by atoms with Crippen molar-refractivity contribution in [1.29, 1.82) is 0 Å². The second-order valence-electron chi connectivity index (χ2n) is 5.87. The molecule has 20 heavy (non-hydrogen) atoms. The van der Waals surface area contributed by atoms with Crippen LogP contribution in [0.2, 0.25) is 0 Å². The van der Waals surface area contributed by atoms with Crippen molar-refractivity contribution in [2.45, 2.75) is 52.7 Å². The Morgan fingerprint density at radius 2 is 1.40 bits per heavy atom. The zero-order chi connectivity index (χ0) is 16.1. The third kappa shape index (κ3) is 7.40. The zero-order valence-corrected chi connectivity index (χ0v) is 12.7. The number of imide groups is 1. The highest BCUT2D eigenvalue weighted by molar-refractivity contribution is 5.97. The Bertz CT molecular complexity index is 402. The molecular formula is C13H21NO6. The fourth-order valence-electron chi connectivity index (χ4n) is 0.902. The highest BCUT2D eigenvalue weighted by atomic mass is 16.8. The average Bonchev–Trinajstić information content (AvgIpc) is 2.19. The quantitative estimate of drug-likeness (QED) is 0.419. The number of amides is 2. The molecule has 0 bridgehead atoms. The smallest absolute Gasteiger partial charge is 0.441 e. The first-order valence-corrected chi connectivity index (χ1v) is 5.96. The van der Waals surface area contributed by atoms with Crippen LogP contribution in [0.15, 0.2) is 12.7 Å². The van der Waals surface area contributed by atoms with Gasteiger partial charge in [0.1, 0.15) is 11.2 Å². The lowest BCUT2D eigenvalue weighted by atomic mass is 10.2. The van der Waals surface area contributed by atoms with E-state index >= 15 is 0 Å². The molecule has 0 fully saturated rings. The molecule has 0 saturated carbocycles. The Labute approximate surface area is 118 Å². The fraction of sp³-hybridized carbons (Fsp3) is 0.615. The van der Waals surface area contributed by atoms with Gasteiger partial charge in [0.25, 0.3) is 5.91 Å². The zero-order valence-electron chi connectivity index (χ0n) is 12.7. The number of hydrogen-bond donors (Lipinski definition) is 0. The van der Waals surface area contributed by atoms with Crippen LogP contribution in [0.5, 0.6) is 0 Å². The summed E-state index contributed by atoms with van der Waals surface area (Å²) in [5, 5.41) is 0.159. The van der Waals surface area contributed by atoms with Crippen LogP contribution >= 0.6 is 0 Å². The Hall–Kier alpha value is -2.05. The van der Waals surface area contributed by atoms with Crippen LogP contribution in [-0.2, 0) is 19.1 Å². The maximum absolute atomic E-state index is 11.8. The van der Waals surface area contributed by atoms with E-state index in [4.69, 9.17) is 9.47 Å². The minimum atomic E-state index is -1.20. The summed E-state index contributed by atoms with van der Waals surface area (Å²) in [5.41, 5.74) is -1.68. The minimum absolute atomic E-state index is 0.159. The molecule has 0 aliphatic heterocycles. The van der Waals surface area contributed by atoms with Gasteiger partial charge in [0, 0.05) is 0 Å². The number of ether oxygens (including phenoxy) is 2. The van der Waals surface area contributed by atoms with Crippen molar-refractivity contribution in [3.05, 3.63) is 12.7 Å². The largest absolute Gasteiger partial charge is 0.534 e. The van der Waals surface area contributed by atoms with Crippen molar-refractivity contribution in [3.8, 4) is 0 Å². The number of hydrogen-bond acceptors (Lipinski definition) is 6. The van der Waals surface area contributed by atoms with Crippen LogP contribution in [0, 0.1) is 0 Å². The van der Waals surface area contributed by atoms with Gasteiger partial charge in [-0.3, -0.25) is 9.63 Å². The van der Waals surface area contributed by atoms with Gasteiger partial charge in [-0.2, -0.15) is 0 Å². The van der Waals surface area contributed by atoms with E-state index in [1.54, 1.807) is 41.5 Å². The van der Waals surface area contributed by atoms with Crippen molar-refractivity contribution >= 4 is 18.2 Å². The van der Waals surface area contributed by atoms with Crippen molar-refractivity contribution in [2.75, 3.05) is 0 Å². The standard InChI is InChI=1S/C13H21NO6/c1-8-9(15)14(10(16)18-12(2,3)4)20-11(17)19-13(5,6)7/h8H,1H2,2-7H3. The first-order valence-electron chi connectivity index (χ1n) is 5.96. The van der Waals surface area contributed by atoms with Crippen molar-refractivity contribution < 1.29 is 28.7 Å². The molecule has 0 spiro atoms. The van der Waals surface area contributed by atoms with Gasteiger partial charge in [0.2, 0.25) is 0 Å². The van der Waals surface area contributed by atoms with E-state index in [2.05, 4.69) is 11.4 Å². The van der Waals surface area contributed by atoms with Crippen LogP contribution in [0.4, 0.5) is 9.59 Å². The molecule has 0 radical (unpaired) electrons. The van der Waals surface area contributed by atoms with Crippen molar-refractivity contribution in [1.82, 2.24) is 5.06 Å². The summed E-state index contributed by atoms with van der Waals surface area (Å²) in [6.45, 7) is 12.9. The molecule has 0 aliphatic carbocycles. The summed E-state index contributed by atoms with van der Waals surface area (Å²) >= 11 is 0. The number of rotatable bonds is 1. The summed E-state index contributed by atoms with van der Waals surface area (Å²) in [7, 11) is 0. The Morgan fingerprint density at radius 1 is 0.950 bits per heavy atom. The minimum Gasteiger partial charge on any atom is -0.441 e. The number of hydroxylamine groups is 2. The summed E-state index contributed by atoms with van der Waals surface area (Å²) in [4.78, 5) is 39.3. The van der Waals surface area contributed by atoms with Gasteiger partial charge >= 0.3 is 12.2 Å². The highest BCUT2D eigenvalue weighted by Crippen LogP contribution is 2.13. The molecule has 0 rings (SSSR count).